The Morgan fingerprint density at radius 1 is 1.21 bits per heavy atom. The summed E-state index contributed by atoms with van der Waals surface area (Å²) >= 11 is 0. The van der Waals surface area contributed by atoms with Crippen LogP contribution in [0.25, 0.3) is 17.3 Å². The van der Waals surface area contributed by atoms with E-state index in [9.17, 15) is 4.79 Å². The lowest BCUT2D eigenvalue weighted by Gasteiger charge is -2.30. The molecule has 6 nitrogen and oxygen atoms in total. The lowest BCUT2D eigenvalue weighted by atomic mass is 10.1. The molecule has 0 bridgehead atoms. The third kappa shape index (κ3) is 5.81. The van der Waals surface area contributed by atoms with Gasteiger partial charge in [0.05, 0.1) is 11.7 Å². The van der Waals surface area contributed by atoms with Crippen LogP contribution < -0.4 is 0 Å². The normalized spacial score (nSPS) is 21.9. The van der Waals surface area contributed by atoms with E-state index in [4.69, 9.17) is 14.5 Å². The third-order valence-electron chi connectivity index (χ3n) is 6.48. The van der Waals surface area contributed by atoms with Crippen LogP contribution in [0, 0.1) is 5.92 Å². The van der Waals surface area contributed by atoms with E-state index < -0.39 is 13.7 Å². The molecule has 2 aliphatic rings. The van der Waals surface area contributed by atoms with Gasteiger partial charge in [-0.1, -0.05) is 56.6 Å². The van der Waals surface area contributed by atoms with E-state index in [2.05, 4.69) is 49.1 Å². The molecule has 2 aromatic rings. The highest BCUT2D eigenvalue weighted by molar-refractivity contribution is 6.76. The molecule has 4 rings (SSSR count). The summed E-state index contributed by atoms with van der Waals surface area (Å²) < 4.78 is 14.0. The standard InChI is InChI=1S/C27H39N3O3Si/c1-8-19-9-11-20(12-10-19)22-17-29(18-32-13-14-34(5,6)7)25(28-22)24-16-21-15-23(21)30(24)26(31)33-27(2,3)4/h8-12,17,21,23-24H,1,13-16,18H2,2-7H3/t21-,23-,24+/m1/s1. The Kier molecular flexibility index (Phi) is 6.80. The lowest BCUT2D eigenvalue weighted by molar-refractivity contribution is 0.0159. The lowest BCUT2D eigenvalue weighted by Crippen LogP contribution is -2.39. The first kappa shape index (κ1) is 24.7. The molecule has 1 amide bonds. The van der Waals surface area contributed by atoms with Gasteiger partial charge in [-0.2, -0.15) is 0 Å². The zero-order valence-electron chi connectivity index (χ0n) is 21.5. The quantitative estimate of drug-likeness (QED) is 0.316. The Morgan fingerprint density at radius 2 is 1.91 bits per heavy atom. The summed E-state index contributed by atoms with van der Waals surface area (Å²) in [5.41, 5.74) is 2.48. The number of nitrogens with zero attached hydrogens (tertiary/aromatic N) is 3. The van der Waals surface area contributed by atoms with Crippen LogP contribution >= 0.6 is 0 Å². The number of carbonyl (C=O) groups excluding carboxylic acids is 1. The Labute approximate surface area is 205 Å². The summed E-state index contributed by atoms with van der Waals surface area (Å²) in [4.78, 5) is 20.1. The molecule has 1 aliphatic carbocycles. The molecule has 0 spiro atoms. The Morgan fingerprint density at radius 3 is 2.53 bits per heavy atom. The number of piperidine rings is 1. The monoisotopic (exact) mass is 481 g/mol. The van der Waals surface area contributed by atoms with Gasteiger partial charge in [0, 0.05) is 32.5 Å². The van der Waals surface area contributed by atoms with Gasteiger partial charge in [-0.3, -0.25) is 4.90 Å². The summed E-state index contributed by atoms with van der Waals surface area (Å²) in [5.74, 6) is 1.42. The second-order valence-corrected chi connectivity index (χ2v) is 17.5. The van der Waals surface area contributed by atoms with Crippen molar-refractivity contribution in [2.45, 2.75) is 83.7 Å². The van der Waals surface area contributed by atoms with Crippen LogP contribution in [0.1, 0.15) is 51.0 Å². The first-order valence-electron chi connectivity index (χ1n) is 12.3. The van der Waals surface area contributed by atoms with Crippen LogP contribution in [0.2, 0.25) is 25.7 Å². The third-order valence-corrected chi connectivity index (χ3v) is 8.19. The Hall–Kier alpha value is -2.38. The maximum Gasteiger partial charge on any atom is 0.411 e. The summed E-state index contributed by atoms with van der Waals surface area (Å²) in [6, 6.07) is 9.50. The van der Waals surface area contributed by atoms with Crippen LogP contribution in [-0.4, -0.2) is 46.9 Å². The number of carbonyl (C=O) groups is 1. The van der Waals surface area contributed by atoms with E-state index in [0.29, 0.717) is 12.6 Å². The maximum absolute atomic E-state index is 13.1. The van der Waals surface area contributed by atoms with Crippen molar-refractivity contribution in [3.8, 4) is 11.3 Å². The van der Waals surface area contributed by atoms with Gasteiger partial charge < -0.3 is 14.0 Å². The summed E-state index contributed by atoms with van der Waals surface area (Å²) in [7, 11) is -1.17. The van der Waals surface area contributed by atoms with Gasteiger partial charge in [-0.05, 0) is 51.1 Å². The molecule has 2 heterocycles. The molecule has 1 aromatic heterocycles. The number of fused-ring (bicyclic) bond motifs is 1. The van der Waals surface area contributed by atoms with Gasteiger partial charge in [-0.25, -0.2) is 9.78 Å². The summed E-state index contributed by atoms with van der Waals surface area (Å²) in [5, 5.41) is 0. The molecular formula is C27H39N3O3Si. The molecule has 1 aromatic carbocycles. The van der Waals surface area contributed by atoms with Crippen LogP contribution in [0.4, 0.5) is 4.79 Å². The number of aromatic nitrogens is 2. The number of amides is 1. The van der Waals surface area contributed by atoms with Gasteiger partial charge in [0.1, 0.15) is 18.2 Å². The van der Waals surface area contributed by atoms with Gasteiger partial charge in [0.2, 0.25) is 0 Å². The maximum atomic E-state index is 13.1. The van der Waals surface area contributed by atoms with Crippen molar-refractivity contribution in [1.29, 1.82) is 0 Å². The first-order valence-corrected chi connectivity index (χ1v) is 16.0. The summed E-state index contributed by atoms with van der Waals surface area (Å²) in [6.07, 6.45) is 5.63. The van der Waals surface area contributed by atoms with Crippen LogP contribution in [0.15, 0.2) is 37.0 Å². The molecule has 1 saturated heterocycles. The van der Waals surface area contributed by atoms with Crippen LogP contribution in [0.5, 0.6) is 0 Å². The molecule has 34 heavy (non-hydrogen) atoms. The van der Waals surface area contributed by atoms with E-state index in [-0.39, 0.29) is 18.2 Å². The fourth-order valence-corrected chi connectivity index (χ4v) is 5.29. The predicted molar refractivity (Wildman–Crippen MR) is 139 cm³/mol. The van der Waals surface area contributed by atoms with Crippen molar-refractivity contribution in [3.63, 3.8) is 0 Å². The fraction of sp³-hybridized carbons (Fsp3) is 0.556. The molecule has 3 atom stereocenters. The number of hydrogen-bond donors (Lipinski definition) is 0. The van der Waals surface area contributed by atoms with E-state index in [1.165, 1.54) is 0 Å². The fourth-order valence-electron chi connectivity index (χ4n) is 4.53. The van der Waals surface area contributed by atoms with Crippen LogP contribution in [-0.2, 0) is 16.2 Å². The zero-order chi connectivity index (χ0) is 24.7. The van der Waals surface area contributed by atoms with Crippen LogP contribution in [0.3, 0.4) is 0 Å². The van der Waals surface area contributed by atoms with E-state index >= 15 is 0 Å². The van der Waals surface area contributed by atoms with Gasteiger partial charge in [0.15, 0.2) is 0 Å². The average molecular weight is 482 g/mol. The highest BCUT2D eigenvalue weighted by atomic mass is 28.3. The molecule has 0 radical (unpaired) electrons. The number of hydrogen-bond acceptors (Lipinski definition) is 4. The SMILES string of the molecule is C=Cc1ccc(-c2cn(COCC[Si](C)(C)C)c([C@@H]3C[C@H]4C[C@H]4N3C(=O)OC(C)(C)C)n2)cc1. The van der Waals surface area contributed by atoms with Crippen molar-refractivity contribution in [1.82, 2.24) is 14.5 Å². The highest BCUT2D eigenvalue weighted by Gasteiger charge is 2.56. The van der Waals surface area contributed by atoms with Gasteiger partial charge in [-0.15, -0.1) is 0 Å². The molecule has 0 N–H and O–H groups in total. The number of rotatable bonds is 8. The average Bonchev–Trinajstić information content (AvgIpc) is 3.20. The van der Waals surface area contributed by atoms with Gasteiger partial charge in [0.25, 0.3) is 0 Å². The van der Waals surface area contributed by atoms with Crippen molar-refractivity contribution in [2.24, 2.45) is 5.92 Å². The smallest absolute Gasteiger partial charge is 0.411 e. The number of ether oxygens (including phenoxy) is 2. The van der Waals surface area contributed by atoms with E-state index in [0.717, 1.165) is 48.1 Å². The highest BCUT2D eigenvalue weighted by Crippen LogP contribution is 2.53. The Balaban J connectivity index is 1.61. The molecule has 0 unspecified atom stereocenters. The van der Waals surface area contributed by atoms with Crippen molar-refractivity contribution >= 4 is 20.2 Å². The van der Waals surface area contributed by atoms with E-state index in [1.54, 1.807) is 0 Å². The van der Waals surface area contributed by atoms with Gasteiger partial charge >= 0.3 is 6.09 Å². The number of benzene rings is 1. The molecule has 7 heteroatoms. The Bertz CT molecular complexity index is 1030. The van der Waals surface area contributed by atoms with Crippen molar-refractivity contribution < 1.29 is 14.3 Å². The largest absolute Gasteiger partial charge is 0.444 e. The minimum Gasteiger partial charge on any atom is -0.444 e. The second kappa shape index (κ2) is 9.34. The molecule has 1 aliphatic heterocycles. The molecular weight excluding hydrogens is 442 g/mol. The topological polar surface area (TPSA) is 56.6 Å². The minimum absolute atomic E-state index is 0.0969. The second-order valence-electron chi connectivity index (χ2n) is 11.8. The van der Waals surface area contributed by atoms with Crippen molar-refractivity contribution in [2.75, 3.05) is 6.61 Å². The van der Waals surface area contributed by atoms with E-state index in [1.807, 2.05) is 43.9 Å². The molecule has 1 saturated carbocycles. The predicted octanol–water partition coefficient (Wildman–Crippen LogP) is 6.58. The minimum atomic E-state index is -1.17. The molecule has 2 fully saturated rings. The first-order chi connectivity index (χ1) is 15.9. The zero-order valence-corrected chi connectivity index (χ0v) is 22.5. The summed E-state index contributed by atoms with van der Waals surface area (Å²) in [6.45, 7) is 17.8. The number of likely N-dealkylation sites (tertiary alicyclic amines) is 1. The molecule has 184 valence electrons. The number of imidazole rings is 1. The van der Waals surface area contributed by atoms with Crippen molar-refractivity contribution in [3.05, 3.63) is 48.4 Å².